The Labute approximate surface area is 74.3 Å². The SMILES string of the molecule is CCC(N)(CC)C1(O)CCNC1. The van der Waals surface area contributed by atoms with Gasteiger partial charge in [0.25, 0.3) is 0 Å². The zero-order valence-corrected chi connectivity index (χ0v) is 8.06. The maximum Gasteiger partial charge on any atom is 0.0961 e. The average molecular weight is 172 g/mol. The molecule has 0 radical (unpaired) electrons. The molecule has 12 heavy (non-hydrogen) atoms. The standard InChI is InChI=1S/C9H20N2O/c1-3-8(10,4-2)9(12)5-6-11-7-9/h11-12H,3-7,10H2,1-2H3. The topological polar surface area (TPSA) is 58.3 Å². The largest absolute Gasteiger partial charge is 0.387 e. The molecule has 0 amide bonds. The molecule has 4 N–H and O–H groups in total. The van der Waals surface area contributed by atoms with Crippen LogP contribution >= 0.6 is 0 Å². The molecule has 3 heteroatoms. The normalized spacial score (nSPS) is 31.0. The van der Waals surface area contributed by atoms with Gasteiger partial charge in [-0.05, 0) is 25.8 Å². The zero-order chi connectivity index (χ0) is 9.24. The van der Waals surface area contributed by atoms with Crippen LogP contribution in [-0.4, -0.2) is 29.3 Å². The van der Waals surface area contributed by atoms with Crippen LogP contribution in [0.3, 0.4) is 0 Å². The second kappa shape index (κ2) is 3.32. The van der Waals surface area contributed by atoms with Crippen molar-refractivity contribution in [3.63, 3.8) is 0 Å². The van der Waals surface area contributed by atoms with E-state index in [-0.39, 0.29) is 0 Å². The molecule has 1 atom stereocenters. The molecule has 1 aliphatic rings. The summed E-state index contributed by atoms with van der Waals surface area (Å²) in [5.41, 5.74) is 5.06. The number of β-amino-alcohol motifs (C(OH)–C–C–N with tert-alkyl or cyclic N) is 1. The summed E-state index contributed by atoms with van der Waals surface area (Å²) in [4.78, 5) is 0. The highest BCUT2D eigenvalue weighted by Gasteiger charge is 2.46. The summed E-state index contributed by atoms with van der Waals surface area (Å²) in [5, 5.41) is 13.4. The second-order valence-corrected chi connectivity index (χ2v) is 3.82. The van der Waals surface area contributed by atoms with Crippen LogP contribution in [0.2, 0.25) is 0 Å². The monoisotopic (exact) mass is 172 g/mol. The molecule has 0 aromatic heterocycles. The highest BCUT2D eigenvalue weighted by Crippen LogP contribution is 2.31. The summed E-state index contributed by atoms with van der Waals surface area (Å²) in [6, 6.07) is 0. The Bertz CT molecular complexity index is 147. The average Bonchev–Trinajstić information content (AvgIpc) is 2.52. The fourth-order valence-corrected chi connectivity index (χ4v) is 2.01. The maximum absolute atomic E-state index is 10.2. The lowest BCUT2D eigenvalue weighted by Crippen LogP contribution is -2.61. The Morgan fingerprint density at radius 3 is 2.42 bits per heavy atom. The van der Waals surface area contributed by atoms with Crippen molar-refractivity contribution in [1.82, 2.24) is 5.32 Å². The molecule has 0 spiro atoms. The van der Waals surface area contributed by atoms with E-state index in [1.165, 1.54) is 0 Å². The minimum atomic E-state index is -0.684. The Balaban J connectivity index is 2.75. The fraction of sp³-hybridized carbons (Fsp3) is 1.00. The molecular formula is C9H20N2O. The van der Waals surface area contributed by atoms with Gasteiger partial charge in [0.15, 0.2) is 0 Å². The molecule has 0 aliphatic carbocycles. The van der Waals surface area contributed by atoms with Crippen LogP contribution in [0.4, 0.5) is 0 Å². The van der Waals surface area contributed by atoms with Crippen molar-refractivity contribution in [3.05, 3.63) is 0 Å². The van der Waals surface area contributed by atoms with Gasteiger partial charge in [0.1, 0.15) is 0 Å². The van der Waals surface area contributed by atoms with E-state index in [4.69, 9.17) is 5.73 Å². The highest BCUT2D eigenvalue weighted by molar-refractivity contribution is 5.06. The van der Waals surface area contributed by atoms with Gasteiger partial charge >= 0.3 is 0 Å². The van der Waals surface area contributed by atoms with Crippen molar-refractivity contribution in [1.29, 1.82) is 0 Å². The summed E-state index contributed by atoms with van der Waals surface area (Å²) in [5.74, 6) is 0. The molecule has 1 saturated heterocycles. The van der Waals surface area contributed by atoms with Crippen LogP contribution in [-0.2, 0) is 0 Å². The van der Waals surface area contributed by atoms with E-state index in [9.17, 15) is 5.11 Å². The van der Waals surface area contributed by atoms with E-state index in [1.807, 2.05) is 13.8 Å². The molecule has 0 aromatic carbocycles. The Kier molecular flexibility index (Phi) is 2.76. The van der Waals surface area contributed by atoms with Crippen molar-refractivity contribution >= 4 is 0 Å². The first-order chi connectivity index (χ1) is 5.58. The predicted molar refractivity (Wildman–Crippen MR) is 49.9 cm³/mol. The molecule has 3 nitrogen and oxygen atoms in total. The van der Waals surface area contributed by atoms with Crippen LogP contribution in [0.5, 0.6) is 0 Å². The van der Waals surface area contributed by atoms with Crippen LogP contribution < -0.4 is 11.1 Å². The number of nitrogens with two attached hydrogens (primary N) is 1. The molecule has 1 rings (SSSR count). The Morgan fingerprint density at radius 2 is 2.08 bits per heavy atom. The highest BCUT2D eigenvalue weighted by atomic mass is 16.3. The molecule has 0 bridgehead atoms. The summed E-state index contributed by atoms with van der Waals surface area (Å²) in [6.07, 6.45) is 2.45. The van der Waals surface area contributed by atoms with Gasteiger partial charge in [-0.15, -0.1) is 0 Å². The van der Waals surface area contributed by atoms with Crippen molar-refractivity contribution in [2.75, 3.05) is 13.1 Å². The lowest BCUT2D eigenvalue weighted by atomic mass is 9.76. The number of hydrogen-bond acceptors (Lipinski definition) is 3. The van der Waals surface area contributed by atoms with E-state index >= 15 is 0 Å². The van der Waals surface area contributed by atoms with Gasteiger partial charge in [-0.3, -0.25) is 0 Å². The van der Waals surface area contributed by atoms with Crippen molar-refractivity contribution in [3.8, 4) is 0 Å². The minimum Gasteiger partial charge on any atom is -0.387 e. The van der Waals surface area contributed by atoms with Gasteiger partial charge in [0.2, 0.25) is 0 Å². The number of hydrogen-bond donors (Lipinski definition) is 3. The van der Waals surface area contributed by atoms with Gasteiger partial charge in [0.05, 0.1) is 5.60 Å². The molecule has 1 fully saturated rings. The van der Waals surface area contributed by atoms with E-state index in [1.54, 1.807) is 0 Å². The quantitative estimate of drug-likeness (QED) is 0.571. The molecule has 1 aliphatic heterocycles. The number of aliphatic hydroxyl groups is 1. The van der Waals surface area contributed by atoms with Crippen LogP contribution in [0, 0.1) is 0 Å². The van der Waals surface area contributed by atoms with Gasteiger partial charge in [-0.2, -0.15) is 0 Å². The van der Waals surface area contributed by atoms with Gasteiger partial charge in [-0.1, -0.05) is 13.8 Å². The molecule has 72 valence electrons. The third kappa shape index (κ3) is 1.37. The zero-order valence-electron chi connectivity index (χ0n) is 8.06. The van der Waals surface area contributed by atoms with E-state index < -0.39 is 11.1 Å². The lowest BCUT2D eigenvalue weighted by molar-refractivity contribution is -0.0222. The van der Waals surface area contributed by atoms with Gasteiger partial charge < -0.3 is 16.2 Å². The van der Waals surface area contributed by atoms with Crippen molar-refractivity contribution in [2.24, 2.45) is 5.73 Å². The van der Waals surface area contributed by atoms with E-state index in [2.05, 4.69) is 5.32 Å². The smallest absolute Gasteiger partial charge is 0.0961 e. The fourth-order valence-electron chi connectivity index (χ4n) is 2.01. The summed E-state index contributed by atoms with van der Waals surface area (Å²) in [7, 11) is 0. The first kappa shape index (κ1) is 9.96. The summed E-state index contributed by atoms with van der Waals surface area (Å²) in [6.45, 7) is 5.61. The van der Waals surface area contributed by atoms with Crippen LogP contribution in [0.15, 0.2) is 0 Å². The van der Waals surface area contributed by atoms with Gasteiger partial charge in [-0.25, -0.2) is 0 Å². The molecule has 1 heterocycles. The van der Waals surface area contributed by atoms with E-state index in [0.29, 0.717) is 6.54 Å². The number of nitrogens with one attached hydrogen (secondary N) is 1. The Morgan fingerprint density at radius 1 is 1.50 bits per heavy atom. The molecule has 0 saturated carbocycles. The minimum absolute atomic E-state index is 0.406. The van der Waals surface area contributed by atoms with Crippen molar-refractivity contribution in [2.45, 2.75) is 44.2 Å². The van der Waals surface area contributed by atoms with Crippen molar-refractivity contribution < 1.29 is 5.11 Å². The molecular weight excluding hydrogens is 152 g/mol. The lowest BCUT2D eigenvalue weighted by Gasteiger charge is -2.41. The summed E-state index contributed by atoms with van der Waals surface area (Å²) < 4.78 is 0. The first-order valence-electron chi connectivity index (χ1n) is 4.80. The molecule has 1 unspecified atom stereocenters. The maximum atomic E-state index is 10.2. The number of rotatable bonds is 3. The first-order valence-corrected chi connectivity index (χ1v) is 4.80. The third-order valence-electron chi connectivity index (χ3n) is 3.32. The van der Waals surface area contributed by atoms with Gasteiger partial charge in [0, 0.05) is 12.1 Å². The third-order valence-corrected chi connectivity index (χ3v) is 3.32. The predicted octanol–water partition coefficient (Wildman–Crippen LogP) is 0.228. The Hall–Kier alpha value is -0.120. The molecule has 0 aromatic rings. The van der Waals surface area contributed by atoms with E-state index in [0.717, 1.165) is 25.8 Å². The second-order valence-electron chi connectivity index (χ2n) is 3.82. The van der Waals surface area contributed by atoms with Crippen LogP contribution in [0.25, 0.3) is 0 Å². The van der Waals surface area contributed by atoms with Crippen LogP contribution in [0.1, 0.15) is 33.1 Å². The summed E-state index contributed by atoms with van der Waals surface area (Å²) >= 11 is 0.